The third-order valence-electron chi connectivity index (χ3n) is 3.35. The number of aliphatic hydroxyl groups excluding tert-OH is 1. The molecule has 1 aromatic carbocycles. The molecule has 0 radical (unpaired) electrons. The third kappa shape index (κ3) is 4.59. The number of benzene rings is 1. The van der Waals surface area contributed by atoms with Gasteiger partial charge in [-0.25, -0.2) is 4.98 Å². The highest BCUT2D eigenvalue weighted by atomic mass is 16.5. The molecule has 0 spiro atoms. The van der Waals surface area contributed by atoms with Gasteiger partial charge < -0.3 is 15.2 Å². The van der Waals surface area contributed by atoms with E-state index in [1.165, 1.54) is 6.20 Å². The van der Waals surface area contributed by atoms with E-state index in [0.717, 1.165) is 12.0 Å². The molecule has 24 heavy (non-hydrogen) atoms. The minimum Gasteiger partial charge on any atom is -0.508 e. The van der Waals surface area contributed by atoms with Gasteiger partial charge in [-0.15, -0.1) is 0 Å². The summed E-state index contributed by atoms with van der Waals surface area (Å²) in [4.78, 5) is 16.6. The lowest BCUT2D eigenvalue weighted by molar-refractivity contribution is 0.102. The fourth-order valence-corrected chi connectivity index (χ4v) is 2.16. The summed E-state index contributed by atoms with van der Waals surface area (Å²) in [7, 11) is 0. The van der Waals surface area contributed by atoms with Crippen LogP contribution >= 0.6 is 0 Å². The number of hydrogen-bond donors (Lipinski definition) is 2. The number of carbonyl (C=O) groups is 1. The molecule has 0 bridgehead atoms. The number of ether oxygens (including phenoxy) is 1. The van der Waals surface area contributed by atoms with Gasteiger partial charge in [-0.2, -0.15) is 0 Å². The van der Waals surface area contributed by atoms with Crippen molar-refractivity contribution < 1.29 is 14.6 Å². The average molecular weight is 326 g/mol. The number of amides is 1. The van der Waals surface area contributed by atoms with Gasteiger partial charge in [-0.3, -0.25) is 4.79 Å². The lowest BCUT2D eigenvalue weighted by Gasteiger charge is -2.13. The predicted octanol–water partition coefficient (Wildman–Crippen LogP) is 4.21. The van der Waals surface area contributed by atoms with Crippen LogP contribution in [0.3, 0.4) is 0 Å². The molecule has 0 aliphatic rings. The van der Waals surface area contributed by atoms with E-state index in [9.17, 15) is 9.90 Å². The Labute approximate surface area is 142 Å². The first-order valence-electron chi connectivity index (χ1n) is 7.85. The minimum atomic E-state index is -0.262. The van der Waals surface area contributed by atoms with Gasteiger partial charge in [0.25, 0.3) is 5.91 Å². The monoisotopic (exact) mass is 326 g/mol. The number of rotatable bonds is 6. The van der Waals surface area contributed by atoms with Crippen LogP contribution in [0.1, 0.15) is 42.3 Å². The average Bonchev–Trinajstić information content (AvgIpc) is 2.54. The quantitative estimate of drug-likeness (QED) is 0.780. The van der Waals surface area contributed by atoms with Crippen molar-refractivity contribution in [3.63, 3.8) is 0 Å². The van der Waals surface area contributed by atoms with E-state index in [0.29, 0.717) is 22.7 Å². The normalized spacial score (nSPS) is 10.5. The van der Waals surface area contributed by atoms with E-state index in [1.54, 1.807) is 18.2 Å². The number of aromatic nitrogens is 1. The highest BCUT2D eigenvalue weighted by Crippen LogP contribution is 2.20. The highest BCUT2D eigenvalue weighted by Gasteiger charge is 2.11. The van der Waals surface area contributed by atoms with Crippen LogP contribution in [0.4, 0.5) is 5.82 Å². The van der Waals surface area contributed by atoms with Crippen molar-refractivity contribution in [1.82, 2.24) is 4.98 Å². The molecule has 0 fully saturated rings. The zero-order valence-corrected chi connectivity index (χ0v) is 14.2. The third-order valence-corrected chi connectivity index (χ3v) is 3.35. The molecule has 5 nitrogen and oxygen atoms in total. The molecule has 5 heteroatoms. The maximum Gasteiger partial charge on any atom is 0.256 e. The van der Waals surface area contributed by atoms with E-state index in [1.807, 2.05) is 32.9 Å². The summed E-state index contributed by atoms with van der Waals surface area (Å²) in [6.45, 7) is 9.34. The zero-order valence-electron chi connectivity index (χ0n) is 14.2. The number of aliphatic hydroxyl groups is 1. The molecular formula is C19H22N2O3. The number of hydrogen-bond acceptors (Lipinski definition) is 4. The van der Waals surface area contributed by atoms with Gasteiger partial charge in [0.05, 0.1) is 6.10 Å². The van der Waals surface area contributed by atoms with Crippen LogP contribution in [0.15, 0.2) is 43.1 Å². The number of anilines is 1. The SMILES string of the molecule is C=C(O)c1ccc(NC(=O)c2cc(CC)cc(OC(C)C)c2)nc1. The fourth-order valence-electron chi connectivity index (χ4n) is 2.16. The molecule has 0 saturated carbocycles. The Kier molecular flexibility index (Phi) is 5.58. The molecule has 2 N–H and O–H groups in total. The largest absolute Gasteiger partial charge is 0.508 e. The second kappa shape index (κ2) is 7.64. The van der Waals surface area contributed by atoms with Crippen molar-refractivity contribution in [2.75, 3.05) is 5.32 Å². The summed E-state index contributed by atoms with van der Waals surface area (Å²) in [5.41, 5.74) is 2.05. The Morgan fingerprint density at radius 3 is 2.58 bits per heavy atom. The number of pyridine rings is 1. The van der Waals surface area contributed by atoms with Crippen LogP contribution in [-0.2, 0) is 6.42 Å². The second-order valence-corrected chi connectivity index (χ2v) is 5.72. The van der Waals surface area contributed by atoms with Crippen LogP contribution in [-0.4, -0.2) is 22.1 Å². The maximum absolute atomic E-state index is 12.5. The van der Waals surface area contributed by atoms with E-state index in [-0.39, 0.29) is 17.8 Å². The summed E-state index contributed by atoms with van der Waals surface area (Å²) in [5.74, 6) is 0.751. The van der Waals surface area contributed by atoms with Crippen molar-refractivity contribution in [2.24, 2.45) is 0 Å². The van der Waals surface area contributed by atoms with Crippen molar-refractivity contribution in [3.05, 3.63) is 59.8 Å². The summed E-state index contributed by atoms with van der Waals surface area (Å²) in [6.07, 6.45) is 2.29. The molecule has 1 amide bonds. The Hall–Kier alpha value is -2.82. The zero-order chi connectivity index (χ0) is 17.7. The Balaban J connectivity index is 2.20. The summed E-state index contributed by atoms with van der Waals surface area (Å²) >= 11 is 0. The first-order chi connectivity index (χ1) is 11.4. The van der Waals surface area contributed by atoms with Gasteiger partial charge >= 0.3 is 0 Å². The smallest absolute Gasteiger partial charge is 0.256 e. The van der Waals surface area contributed by atoms with Gasteiger partial charge in [0, 0.05) is 17.3 Å². The predicted molar refractivity (Wildman–Crippen MR) is 95.4 cm³/mol. The number of nitrogens with zero attached hydrogens (tertiary/aromatic N) is 1. The molecule has 0 unspecified atom stereocenters. The highest BCUT2D eigenvalue weighted by molar-refractivity contribution is 6.04. The summed E-state index contributed by atoms with van der Waals surface area (Å²) in [5, 5.41) is 12.0. The lowest BCUT2D eigenvalue weighted by atomic mass is 10.1. The van der Waals surface area contributed by atoms with Gasteiger partial charge in [0.15, 0.2) is 0 Å². The van der Waals surface area contributed by atoms with Crippen LogP contribution in [0.5, 0.6) is 5.75 Å². The first-order valence-corrected chi connectivity index (χ1v) is 7.85. The van der Waals surface area contributed by atoms with E-state index >= 15 is 0 Å². The molecule has 126 valence electrons. The standard InChI is InChI=1S/C19H22N2O3/c1-5-14-8-16(10-17(9-14)24-12(2)3)19(23)21-18-7-6-15(11-20-18)13(4)22/h6-12,22H,4-5H2,1-3H3,(H,20,21,23). The maximum atomic E-state index is 12.5. The van der Waals surface area contributed by atoms with Gasteiger partial charge in [-0.1, -0.05) is 13.5 Å². The van der Waals surface area contributed by atoms with Crippen molar-refractivity contribution in [2.45, 2.75) is 33.3 Å². The summed E-state index contributed by atoms with van der Waals surface area (Å²) < 4.78 is 5.71. The molecule has 0 aliphatic carbocycles. The van der Waals surface area contributed by atoms with Crippen LogP contribution in [0, 0.1) is 0 Å². The topological polar surface area (TPSA) is 71.5 Å². The lowest BCUT2D eigenvalue weighted by Crippen LogP contribution is -2.14. The fraction of sp³-hybridized carbons (Fsp3) is 0.263. The molecule has 1 heterocycles. The summed E-state index contributed by atoms with van der Waals surface area (Å²) in [6, 6.07) is 8.76. The van der Waals surface area contributed by atoms with Crippen molar-refractivity contribution in [3.8, 4) is 5.75 Å². The van der Waals surface area contributed by atoms with E-state index in [4.69, 9.17) is 4.74 Å². The Morgan fingerprint density at radius 1 is 1.29 bits per heavy atom. The number of aryl methyl sites for hydroxylation is 1. The van der Waals surface area contributed by atoms with Crippen LogP contribution in [0.25, 0.3) is 5.76 Å². The van der Waals surface area contributed by atoms with Gasteiger partial charge in [-0.05, 0) is 56.2 Å². The van der Waals surface area contributed by atoms with Gasteiger partial charge in [0.2, 0.25) is 0 Å². The Bertz CT molecular complexity index is 737. The molecule has 0 saturated heterocycles. The molecule has 1 aromatic heterocycles. The van der Waals surface area contributed by atoms with E-state index < -0.39 is 0 Å². The number of nitrogens with one attached hydrogen (secondary N) is 1. The molecule has 2 rings (SSSR count). The second-order valence-electron chi connectivity index (χ2n) is 5.72. The minimum absolute atomic E-state index is 0.0359. The van der Waals surface area contributed by atoms with Crippen LogP contribution in [0.2, 0.25) is 0 Å². The molecular weight excluding hydrogens is 304 g/mol. The molecule has 0 aliphatic heterocycles. The van der Waals surface area contributed by atoms with Gasteiger partial charge in [0.1, 0.15) is 17.3 Å². The Morgan fingerprint density at radius 2 is 2.04 bits per heavy atom. The van der Waals surface area contributed by atoms with Crippen molar-refractivity contribution in [1.29, 1.82) is 0 Å². The van der Waals surface area contributed by atoms with Crippen LogP contribution < -0.4 is 10.1 Å². The van der Waals surface area contributed by atoms with Crippen molar-refractivity contribution >= 4 is 17.5 Å². The molecule has 0 atom stereocenters. The van der Waals surface area contributed by atoms with E-state index in [2.05, 4.69) is 16.9 Å². The first kappa shape index (κ1) is 17.5. The molecule has 2 aromatic rings. The number of carbonyl (C=O) groups excluding carboxylic acids is 1.